The molecule has 2 aromatic carbocycles. The van der Waals surface area contributed by atoms with Gasteiger partial charge in [0.25, 0.3) is 5.91 Å². The van der Waals surface area contributed by atoms with Crippen LogP contribution in [0.4, 0.5) is 20.3 Å². The number of nitrogens with two attached hydrogens (primary N) is 1. The van der Waals surface area contributed by atoms with E-state index in [-0.39, 0.29) is 34.0 Å². The third kappa shape index (κ3) is 5.34. The zero-order chi connectivity index (χ0) is 28.6. The molecule has 1 amide bonds. The Morgan fingerprint density at radius 1 is 1.02 bits per heavy atom. The molecule has 5 aromatic rings. The predicted molar refractivity (Wildman–Crippen MR) is 148 cm³/mol. The van der Waals surface area contributed by atoms with E-state index < -0.39 is 24.7 Å². The maximum absolute atomic E-state index is 15.1. The molecule has 10 nitrogen and oxygen atoms in total. The van der Waals surface area contributed by atoms with Gasteiger partial charge in [0, 0.05) is 36.8 Å². The average Bonchev–Trinajstić information content (AvgIpc) is 3.53. The number of aryl methyl sites for hydroxylation is 1. The maximum Gasteiger partial charge on any atom is 0.259 e. The van der Waals surface area contributed by atoms with E-state index in [4.69, 9.17) is 10.5 Å². The second kappa shape index (κ2) is 10.4. The van der Waals surface area contributed by atoms with Crippen molar-refractivity contribution in [1.29, 1.82) is 0 Å². The molecule has 3 aromatic heterocycles. The van der Waals surface area contributed by atoms with Crippen LogP contribution in [-0.2, 0) is 11.6 Å². The quantitative estimate of drug-likeness (QED) is 0.272. The molecule has 3 N–H and O–H groups in total. The van der Waals surface area contributed by atoms with Gasteiger partial charge in [-0.1, -0.05) is 0 Å². The molecule has 0 atom stereocenters. The van der Waals surface area contributed by atoms with Crippen LogP contribution < -0.4 is 21.2 Å². The summed E-state index contributed by atoms with van der Waals surface area (Å²) in [4.78, 5) is 17.3. The number of benzene rings is 2. The van der Waals surface area contributed by atoms with Crippen molar-refractivity contribution in [3.8, 4) is 28.3 Å². The molecule has 0 aliphatic carbocycles. The predicted octanol–water partition coefficient (Wildman–Crippen LogP) is 4.82. The Labute approximate surface area is 227 Å². The standard InChI is InChI=1S/C27H24F2N7O3P/c1-35-15-16(13-32-35)24-23(10-11-31-25(24)30)39-22-9-6-18(12-21(22)29)34-26(37)20-14-33-36(27(20)40(2,3)38)19-7-4-17(28)5-8-19/h4-15H,1-3H3,(H2,30,31)(H,34,37). The van der Waals surface area contributed by atoms with E-state index in [2.05, 4.69) is 20.5 Å². The first-order valence-corrected chi connectivity index (χ1v) is 14.5. The number of hydrogen-bond donors (Lipinski definition) is 2. The fraction of sp³-hybridized carbons (Fsp3) is 0.111. The number of carbonyl (C=O) groups is 1. The lowest BCUT2D eigenvalue weighted by atomic mass is 10.1. The van der Waals surface area contributed by atoms with Crippen LogP contribution >= 0.6 is 7.14 Å². The van der Waals surface area contributed by atoms with E-state index in [0.29, 0.717) is 16.8 Å². The normalized spacial score (nSPS) is 11.4. The minimum absolute atomic E-state index is 0.0479. The number of nitrogens with zero attached hydrogens (tertiary/aromatic N) is 5. The van der Waals surface area contributed by atoms with Crippen molar-refractivity contribution in [2.45, 2.75) is 0 Å². The first-order chi connectivity index (χ1) is 19.0. The molecular formula is C27H24F2N7O3P. The Kier molecular flexibility index (Phi) is 6.95. The fourth-order valence-corrected chi connectivity index (χ4v) is 5.52. The minimum atomic E-state index is -3.04. The van der Waals surface area contributed by atoms with E-state index in [9.17, 15) is 13.8 Å². The molecule has 40 heavy (non-hydrogen) atoms. The van der Waals surface area contributed by atoms with Crippen LogP contribution in [0.2, 0.25) is 0 Å². The van der Waals surface area contributed by atoms with E-state index in [1.807, 2.05) is 0 Å². The summed E-state index contributed by atoms with van der Waals surface area (Å²) in [6, 6.07) is 10.9. The molecule has 0 saturated heterocycles. The number of rotatable bonds is 7. The molecule has 0 radical (unpaired) electrons. The van der Waals surface area contributed by atoms with Gasteiger partial charge in [-0.2, -0.15) is 10.2 Å². The van der Waals surface area contributed by atoms with Crippen LogP contribution in [0.5, 0.6) is 11.5 Å². The van der Waals surface area contributed by atoms with E-state index in [0.717, 1.165) is 6.07 Å². The molecule has 204 valence electrons. The van der Waals surface area contributed by atoms with E-state index in [1.54, 1.807) is 30.2 Å². The highest BCUT2D eigenvalue weighted by atomic mass is 31.2. The average molecular weight is 564 g/mol. The molecule has 0 spiro atoms. The second-order valence-electron chi connectivity index (χ2n) is 9.29. The minimum Gasteiger partial charge on any atom is -0.453 e. The van der Waals surface area contributed by atoms with Crippen molar-refractivity contribution in [1.82, 2.24) is 24.5 Å². The lowest BCUT2D eigenvalue weighted by Gasteiger charge is -2.14. The molecule has 0 saturated carbocycles. The summed E-state index contributed by atoms with van der Waals surface area (Å²) in [5.41, 5.74) is 7.97. The Balaban J connectivity index is 1.41. The largest absolute Gasteiger partial charge is 0.453 e. The van der Waals surface area contributed by atoms with Crippen molar-refractivity contribution in [2.24, 2.45) is 7.05 Å². The fourth-order valence-electron chi connectivity index (χ4n) is 4.15. The van der Waals surface area contributed by atoms with Gasteiger partial charge < -0.3 is 20.4 Å². The van der Waals surface area contributed by atoms with Gasteiger partial charge in [0.05, 0.1) is 29.2 Å². The third-order valence-electron chi connectivity index (χ3n) is 5.92. The summed E-state index contributed by atoms with van der Waals surface area (Å²) >= 11 is 0. The molecule has 0 unspecified atom stereocenters. The zero-order valence-corrected chi connectivity index (χ0v) is 22.6. The summed E-state index contributed by atoms with van der Waals surface area (Å²) in [5.74, 6) is -1.47. The van der Waals surface area contributed by atoms with Gasteiger partial charge in [-0.15, -0.1) is 0 Å². The highest BCUT2D eigenvalue weighted by Crippen LogP contribution is 2.38. The lowest BCUT2D eigenvalue weighted by Crippen LogP contribution is -2.25. The SMILES string of the molecule is Cn1cc(-c2c(Oc3ccc(NC(=O)c4cnn(-c5ccc(F)cc5)c4P(C)(C)=O)cc3F)ccnc2N)cn1. The molecule has 13 heteroatoms. The molecule has 0 aliphatic rings. The number of anilines is 2. The summed E-state index contributed by atoms with van der Waals surface area (Å²) in [6.07, 6.45) is 6.04. The molecular weight excluding hydrogens is 539 g/mol. The first-order valence-electron chi connectivity index (χ1n) is 11.9. The molecule has 0 fully saturated rings. The van der Waals surface area contributed by atoms with E-state index >= 15 is 4.39 Å². The number of halogens is 2. The summed E-state index contributed by atoms with van der Waals surface area (Å²) in [6.45, 7) is 3.00. The number of nitrogens with one attached hydrogen (secondary N) is 1. The zero-order valence-electron chi connectivity index (χ0n) is 21.7. The van der Waals surface area contributed by atoms with Crippen molar-refractivity contribution in [3.63, 3.8) is 0 Å². The molecule has 5 rings (SSSR count). The highest BCUT2D eigenvalue weighted by Gasteiger charge is 2.28. The van der Waals surface area contributed by atoms with Crippen molar-refractivity contribution < 1.29 is 22.9 Å². The number of nitrogen functional groups attached to an aromatic ring is 1. The first kappa shape index (κ1) is 26.8. The number of aromatic nitrogens is 5. The maximum atomic E-state index is 15.1. The van der Waals surface area contributed by atoms with Crippen LogP contribution in [0.1, 0.15) is 10.4 Å². The van der Waals surface area contributed by atoms with Crippen LogP contribution in [-0.4, -0.2) is 43.8 Å². The summed E-state index contributed by atoms with van der Waals surface area (Å²) < 4.78 is 50.4. The van der Waals surface area contributed by atoms with Crippen LogP contribution in [0.3, 0.4) is 0 Å². The number of ether oxygens (including phenoxy) is 1. The monoisotopic (exact) mass is 563 g/mol. The van der Waals surface area contributed by atoms with Gasteiger partial charge in [0.1, 0.15) is 30.0 Å². The second-order valence-corrected chi connectivity index (χ2v) is 12.4. The smallest absolute Gasteiger partial charge is 0.259 e. The van der Waals surface area contributed by atoms with Crippen LogP contribution in [0, 0.1) is 11.6 Å². The highest BCUT2D eigenvalue weighted by molar-refractivity contribution is 7.70. The van der Waals surface area contributed by atoms with Gasteiger partial charge in [-0.25, -0.2) is 18.4 Å². The van der Waals surface area contributed by atoms with Gasteiger partial charge in [-0.3, -0.25) is 9.48 Å². The van der Waals surface area contributed by atoms with Crippen LogP contribution in [0.15, 0.2) is 73.3 Å². The Hall–Kier alpha value is -4.83. The lowest BCUT2D eigenvalue weighted by molar-refractivity contribution is 0.102. The molecule has 0 bridgehead atoms. The Morgan fingerprint density at radius 3 is 2.42 bits per heavy atom. The molecule has 3 heterocycles. The molecule has 0 aliphatic heterocycles. The number of carbonyl (C=O) groups excluding carboxylic acids is 1. The van der Waals surface area contributed by atoms with Gasteiger partial charge in [0.15, 0.2) is 11.6 Å². The number of amides is 1. The number of hydrogen-bond acceptors (Lipinski definition) is 7. The van der Waals surface area contributed by atoms with Gasteiger partial charge >= 0.3 is 0 Å². The topological polar surface area (TPSA) is 130 Å². The summed E-state index contributed by atoms with van der Waals surface area (Å²) in [5, 5.41) is 11.0. The van der Waals surface area contributed by atoms with Gasteiger partial charge in [0.2, 0.25) is 0 Å². The van der Waals surface area contributed by atoms with E-state index in [1.165, 1.54) is 66.8 Å². The van der Waals surface area contributed by atoms with Crippen molar-refractivity contribution in [2.75, 3.05) is 24.4 Å². The van der Waals surface area contributed by atoms with Crippen LogP contribution in [0.25, 0.3) is 16.8 Å². The Bertz CT molecular complexity index is 1780. The number of pyridine rings is 1. The Morgan fingerprint density at radius 2 is 1.77 bits per heavy atom. The third-order valence-corrected chi connectivity index (χ3v) is 7.37. The van der Waals surface area contributed by atoms with Crippen molar-refractivity contribution in [3.05, 3.63) is 90.5 Å². The van der Waals surface area contributed by atoms with Crippen molar-refractivity contribution >= 4 is 30.0 Å². The summed E-state index contributed by atoms with van der Waals surface area (Å²) in [7, 11) is -1.29. The van der Waals surface area contributed by atoms with Gasteiger partial charge in [-0.05, 0) is 55.8 Å².